The number of aliphatic hydroxyl groups is 1. The van der Waals surface area contributed by atoms with Crippen molar-refractivity contribution in [1.82, 2.24) is 9.80 Å². The number of sulfonamides is 1. The maximum absolute atomic E-state index is 13.8. The van der Waals surface area contributed by atoms with Crippen LogP contribution in [0, 0.1) is 5.92 Å². The molecule has 11 nitrogen and oxygen atoms in total. The lowest BCUT2D eigenvalue weighted by atomic mass is 9.99. The number of nitrogens with one attached hydrogen (secondary N) is 2. The van der Waals surface area contributed by atoms with Gasteiger partial charge in [0.1, 0.15) is 17.6 Å². The Labute approximate surface area is 268 Å². The molecule has 4 aromatic rings. The molecule has 0 bridgehead atoms. The Bertz CT molecular complexity index is 1830. The minimum absolute atomic E-state index is 0.0249. The average molecular weight is 647 g/mol. The van der Waals surface area contributed by atoms with Gasteiger partial charge in [0, 0.05) is 30.6 Å². The van der Waals surface area contributed by atoms with Crippen LogP contribution < -0.4 is 19.5 Å². The number of hydrogen-bond acceptors (Lipinski definition) is 7. The van der Waals surface area contributed by atoms with Crippen molar-refractivity contribution in [2.45, 2.75) is 30.9 Å². The molecule has 0 saturated heterocycles. The van der Waals surface area contributed by atoms with Crippen molar-refractivity contribution in [3.8, 4) is 11.5 Å². The molecule has 0 unspecified atom stereocenters. The van der Waals surface area contributed by atoms with E-state index in [-0.39, 0.29) is 53.5 Å². The normalized spacial score (nSPS) is 17.2. The molecule has 0 radical (unpaired) electrons. The molecule has 3 amide bonds. The molecule has 0 spiro atoms. The van der Waals surface area contributed by atoms with Crippen molar-refractivity contribution < 1.29 is 32.6 Å². The van der Waals surface area contributed by atoms with E-state index in [1.54, 1.807) is 37.1 Å². The number of urea groups is 1. The van der Waals surface area contributed by atoms with Crippen molar-refractivity contribution in [2.24, 2.45) is 5.92 Å². The molecule has 1 aliphatic rings. The summed E-state index contributed by atoms with van der Waals surface area (Å²) < 4.78 is 40.3. The third kappa shape index (κ3) is 7.03. The molecule has 5 rings (SSSR count). The quantitative estimate of drug-likeness (QED) is 0.232. The van der Waals surface area contributed by atoms with Gasteiger partial charge < -0.3 is 29.7 Å². The van der Waals surface area contributed by atoms with Crippen LogP contribution in [-0.4, -0.2) is 81.3 Å². The molecule has 1 heterocycles. The number of benzene rings is 4. The lowest BCUT2D eigenvalue weighted by molar-refractivity contribution is 0.0371. The van der Waals surface area contributed by atoms with Crippen LogP contribution in [0.25, 0.3) is 10.8 Å². The fraction of sp³-hybridized carbons (Fsp3) is 0.294. The zero-order valence-electron chi connectivity index (χ0n) is 26.1. The van der Waals surface area contributed by atoms with Crippen molar-refractivity contribution in [2.75, 3.05) is 43.9 Å². The van der Waals surface area contributed by atoms with Crippen LogP contribution in [0.2, 0.25) is 0 Å². The summed E-state index contributed by atoms with van der Waals surface area (Å²) in [7, 11) is -0.817. The van der Waals surface area contributed by atoms with Gasteiger partial charge in [-0.3, -0.25) is 9.52 Å². The van der Waals surface area contributed by atoms with Crippen LogP contribution in [0.3, 0.4) is 0 Å². The second-order valence-electron chi connectivity index (χ2n) is 11.5. The van der Waals surface area contributed by atoms with E-state index in [0.29, 0.717) is 11.4 Å². The highest BCUT2D eigenvalue weighted by Gasteiger charge is 2.34. The van der Waals surface area contributed by atoms with E-state index in [1.165, 1.54) is 36.3 Å². The number of amides is 3. The van der Waals surface area contributed by atoms with Crippen LogP contribution in [-0.2, 0) is 10.0 Å². The van der Waals surface area contributed by atoms with Crippen molar-refractivity contribution >= 4 is 44.1 Å². The molecule has 3 atom stereocenters. The van der Waals surface area contributed by atoms with Gasteiger partial charge in [0.25, 0.3) is 15.9 Å². The SMILES string of the molecule is COc1ccc(S(=O)(=O)Nc2ccc3c(c2)C(=O)N([C@@H](C)CO)C[C@H](C)[C@H](CN(C)C(=O)Nc2cccc4ccccc24)O3)cc1. The van der Waals surface area contributed by atoms with E-state index >= 15 is 0 Å². The highest BCUT2D eigenvalue weighted by molar-refractivity contribution is 7.92. The van der Waals surface area contributed by atoms with Crippen LogP contribution >= 0.6 is 0 Å². The largest absolute Gasteiger partial charge is 0.497 e. The number of fused-ring (bicyclic) bond motifs is 2. The number of methoxy groups -OCH3 is 1. The van der Waals surface area contributed by atoms with Crippen molar-refractivity contribution in [3.05, 3.63) is 90.5 Å². The second-order valence-corrected chi connectivity index (χ2v) is 13.1. The first-order chi connectivity index (χ1) is 22.0. The highest BCUT2D eigenvalue weighted by Crippen LogP contribution is 2.32. The fourth-order valence-electron chi connectivity index (χ4n) is 5.37. The van der Waals surface area contributed by atoms with Gasteiger partial charge in [-0.25, -0.2) is 13.2 Å². The summed E-state index contributed by atoms with van der Waals surface area (Å²) in [6, 6.07) is 23.1. The van der Waals surface area contributed by atoms with E-state index in [9.17, 15) is 23.1 Å². The first kappa shape index (κ1) is 32.6. The smallest absolute Gasteiger partial charge is 0.321 e. The molecule has 0 saturated carbocycles. The number of hydrogen-bond donors (Lipinski definition) is 3. The molecule has 0 aromatic heterocycles. The maximum Gasteiger partial charge on any atom is 0.321 e. The molecule has 0 fully saturated rings. The Morgan fingerprint density at radius 2 is 1.80 bits per heavy atom. The van der Waals surface area contributed by atoms with Crippen molar-refractivity contribution in [1.29, 1.82) is 0 Å². The summed E-state index contributed by atoms with van der Waals surface area (Å²) in [6.45, 7) is 3.83. The van der Waals surface area contributed by atoms with Crippen LogP contribution in [0.1, 0.15) is 24.2 Å². The van der Waals surface area contributed by atoms with E-state index in [2.05, 4.69) is 10.0 Å². The number of likely N-dealkylation sites (N-methyl/N-ethyl adjacent to an activating group) is 1. The van der Waals surface area contributed by atoms with E-state index in [4.69, 9.17) is 9.47 Å². The average Bonchev–Trinajstić information content (AvgIpc) is 3.06. The Balaban J connectivity index is 1.40. The molecular formula is C34H38N4O7S. The Hall–Kier alpha value is -4.81. The molecule has 12 heteroatoms. The third-order valence-electron chi connectivity index (χ3n) is 8.12. The number of aliphatic hydroxyl groups excluding tert-OH is 1. The summed E-state index contributed by atoms with van der Waals surface area (Å²) in [4.78, 5) is 30.2. The van der Waals surface area contributed by atoms with E-state index in [1.807, 2.05) is 49.4 Å². The van der Waals surface area contributed by atoms with Gasteiger partial charge in [-0.2, -0.15) is 0 Å². The Morgan fingerprint density at radius 1 is 1.09 bits per heavy atom. The first-order valence-electron chi connectivity index (χ1n) is 14.9. The van der Waals surface area contributed by atoms with Gasteiger partial charge in [0.15, 0.2) is 0 Å². The van der Waals surface area contributed by atoms with Gasteiger partial charge >= 0.3 is 6.03 Å². The van der Waals surface area contributed by atoms with Gasteiger partial charge in [-0.1, -0.05) is 43.3 Å². The summed E-state index contributed by atoms with van der Waals surface area (Å²) in [6.07, 6.45) is -0.537. The number of anilines is 2. The van der Waals surface area contributed by atoms with Crippen molar-refractivity contribution in [3.63, 3.8) is 0 Å². The van der Waals surface area contributed by atoms with Gasteiger partial charge in [0.05, 0.1) is 42.4 Å². The monoisotopic (exact) mass is 646 g/mol. The molecule has 242 valence electrons. The standard InChI is InChI=1S/C34H38N4O7S/c1-22-19-38(23(2)21-39)33(40)29-18-25(36-46(42,43)27-15-13-26(44-4)14-16-27)12-17-31(29)45-32(22)20-37(3)34(41)35-30-11-7-9-24-8-5-6-10-28(24)30/h5-18,22-23,32,36,39H,19-21H2,1-4H3,(H,35,41)/t22-,23-,32-/m0/s1. The topological polar surface area (TPSA) is 138 Å². The molecule has 1 aliphatic heterocycles. The highest BCUT2D eigenvalue weighted by atomic mass is 32.2. The van der Waals surface area contributed by atoms with E-state index < -0.39 is 28.1 Å². The van der Waals surface area contributed by atoms with Gasteiger partial charge in [0.2, 0.25) is 0 Å². The molecule has 46 heavy (non-hydrogen) atoms. The van der Waals surface area contributed by atoms with Gasteiger partial charge in [-0.05, 0) is 60.8 Å². The molecule has 0 aliphatic carbocycles. The Kier molecular flexibility index (Phi) is 9.68. The van der Waals surface area contributed by atoms with Crippen LogP contribution in [0.15, 0.2) is 89.8 Å². The maximum atomic E-state index is 13.8. The summed E-state index contributed by atoms with van der Waals surface area (Å²) in [5.41, 5.74) is 0.986. The summed E-state index contributed by atoms with van der Waals surface area (Å²) in [5, 5.41) is 14.9. The predicted molar refractivity (Wildman–Crippen MR) is 177 cm³/mol. The molecule has 3 N–H and O–H groups in total. The number of ether oxygens (including phenoxy) is 2. The first-order valence-corrected chi connectivity index (χ1v) is 16.4. The zero-order chi connectivity index (χ0) is 33.0. The minimum Gasteiger partial charge on any atom is -0.497 e. The summed E-state index contributed by atoms with van der Waals surface area (Å²) >= 11 is 0. The van der Waals surface area contributed by atoms with E-state index in [0.717, 1.165) is 10.8 Å². The van der Waals surface area contributed by atoms with Crippen LogP contribution in [0.4, 0.5) is 16.2 Å². The molecular weight excluding hydrogens is 608 g/mol. The van der Waals surface area contributed by atoms with Crippen LogP contribution in [0.5, 0.6) is 11.5 Å². The number of carbonyl (C=O) groups excluding carboxylic acids is 2. The zero-order valence-corrected chi connectivity index (χ0v) is 27.0. The Morgan fingerprint density at radius 3 is 2.52 bits per heavy atom. The minimum atomic E-state index is -3.98. The predicted octanol–water partition coefficient (Wildman–Crippen LogP) is 5.03. The molecule has 4 aromatic carbocycles. The third-order valence-corrected chi connectivity index (χ3v) is 9.52. The van der Waals surface area contributed by atoms with Gasteiger partial charge in [-0.15, -0.1) is 0 Å². The lowest BCUT2D eigenvalue weighted by Gasteiger charge is -2.38. The second kappa shape index (κ2) is 13.7. The number of nitrogens with zero attached hydrogens (tertiary/aromatic N) is 2. The lowest BCUT2D eigenvalue weighted by Crippen LogP contribution is -2.50. The number of carbonyl (C=O) groups is 2. The fourth-order valence-corrected chi connectivity index (χ4v) is 6.42. The summed E-state index contributed by atoms with van der Waals surface area (Å²) in [5.74, 6) is 0.120. The number of rotatable bonds is 9.